The van der Waals surface area contributed by atoms with Gasteiger partial charge in [-0.2, -0.15) is 0 Å². The number of ether oxygens (including phenoxy) is 2. The smallest absolute Gasteiger partial charge is 0.260 e. The summed E-state index contributed by atoms with van der Waals surface area (Å²) in [6.45, 7) is 2.66. The minimum atomic E-state index is -0.467. The predicted molar refractivity (Wildman–Crippen MR) is 131 cm³/mol. The van der Waals surface area contributed by atoms with Crippen LogP contribution in [0.2, 0.25) is 5.02 Å². The summed E-state index contributed by atoms with van der Waals surface area (Å²) in [5, 5.41) is 6.44. The maximum Gasteiger partial charge on any atom is 0.260 e. The molecule has 0 aliphatic carbocycles. The number of hydrogen-bond acceptors (Lipinski definition) is 5. The van der Waals surface area contributed by atoms with E-state index in [1.165, 1.54) is 17.8 Å². The monoisotopic (exact) mass is 484 g/mol. The lowest BCUT2D eigenvalue weighted by atomic mass is 10.2. The van der Waals surface area contributed by atoms with E-state index < -0.39 is 5.50 Å². The number of rotatable bonds is 8. The maximum atomic E-state index is 13.9. The highest BCUT2D eigenvalue weighted by Gasteiger charge is 2.27. The molecule has 1 heterocycles. The van der Waals surface area contributed by atoms with E-state index in [0.29, 0.717) is 40.3 Å². The van der Waals surface area contributed by atoms with Crippen LogP contribution in [-0.2, 0) is 11.4 Å². The summed E-state index contributed by atoms with van der Waals surface area (Å²) >= 11 is 7.50. The number of carbonyl (C=O) groups excluding carboxylic acids is 1. The molecule has 0 radical (unpaired) electrons. The predicted octanol–water partition coefficient (Wildman–Crippen LogP) is 6.06. The van der Waals surface area contributed by atoms with Crippen molar-refractivity contribution in [2.45, 2.75) is 19.0 Å². The summed E-state index contributed by atoms with van der Waals surface area (Å²) in [7, 11) is 0. The molecule has 1 atom stereocenters. The third-order valence-electron chi connectivity index (χ3n) is 4.80. The second-order valence-corrected chi connectivity index (χ2v) is 8.68. The normalized spacial score (nSPS) is 16.5. The van der Waals surface area contributed by atoms with Crippen LogP contribution in [0.3, 0.4) is 0 Å². The summed E-state index contributed by atoms with van der Waals surface area (Å²) in [5.41, 5.74) is 1.52. The van der Waals surface area contributed by atoms with E-state index in [0.717, 1.165) is 11.1 Å². The van der Waals surface area contributed by atoms with Crippen molar-refractivity contribution in [2.75, 3.05) is 11.9 Å². The van der Waals surface area contributed by atoms with Crippen LogP contribution in [0.25, 0.3) is 6.08 Å². The third-order valence-corrected chi connectivity index (χ3v) is 6.19. The van der Waals surface area contributed by atoms with Crippen LogP contribution in [0.1, 0.15) is 18.1 Å². The number of nitrogens with one attached hydrogen (secondary N) is 2. The molecule has 1 saturated heterocycles. The topological polar surface area (TPSA) is 59.6 Å². The van der Waals surface area contributed by atoms with Crippen molar-refractivity contribution in [3.05, 3.63) is 93.6 Å². The summed E-state index contributed by atoms with van der Waals surface area (Å²) in [6, 6.07) is 19.3. The maximum absolute atomic E-state index is 13.9. The van der Waals surface area contributed by atoms with Gasteiger partial charge in [-0.25, -0.2) is 4.39 Å². The SMILES string of the molecule is CCOc1cc(/C=C2\SC(Nc3ccccc3F)NC2=O)ccc1OCc1ccccc1Cl. The van der Waals surface area contributed by atoms with Crippen LogP contribution in [-0.4, -0.2) is 18.0 Å². The first-order chi connectivity index (χ1) is 16.0. The van der Waals surface area contributed by atoms with Gasteiger partial charge < -0.3 is 20.1 Å². The number of hydrogen-bond donors (Lipinski definition) is 2. The first-order valence-electron chi connectivity index (χ1n) is 10.4. The minimum Gasteiger partial charge on any atom is -0.490 e. The molecule has 170 valence electrons. The van der Waals surface area contributed by atoms with E-state index in [-0.39, 0.29) is 11.7 Å². The molecule has 33 heavy (non-hydrogen) atoms. The summed E-state index contributed by atoms with van der Waals surface area (Å²) in [4.78, 5) is 12.9. The number of para-hydroxylation sites is 1. The van der Waals surface area contributed by atoms with E-state index in [1.807, 2.05) is 43.3 Å². The number of amides is 1. The van der Waals surface area contributed by atoms with Gasteiger partial charge in [-0.15, -0.1) is 0 Å². The molecule has 1 fully saturated rings. The van der Waals surface area contributed by atoms with Crippen molar-refractivity contribution in [3.8, 4) is 11.5 Å². The molecule has 4 rings (SSSR count). The van der Waals surface area contributed by atoms with Gasteiger partial charge in [0.25, 0.3) is 5.91 Å². The van der Waals surface area contributed by atoms with Gasteiger partial charge in [-0.1, -0.05) is 59.8 Å². The van der Waals surface area contributed by atoms with E-state index >= 15 is 0 Å². The van der Waals surface area contributed by atoms with Crippen molar-refractivity contribution >= 4 is 41.0 Å². The van der Waals surface area contributed by atoms with Gasteiger partial charge in [0.1, 0.15) is 12.4 Å². The van der Waals surface area contributed by atoms with Gasteiger partial charge in [-0.05, 0) is 48.9 Å². The van der Waals surface area contributed by atoms with Crippen molar-refractivity contribution in [3.63, 3.8) is 0 Å². The van der Waals surface area contributed by atoms with Crippen LogP contribution in [0, 0.1) is 5.82 Å². The molecule has 2 N–H and O–H groups in total. The zero-order chi connectivity index (χ0) is 23.2. The number of thioether (sulfide) groups is 1. The average Bonchev–Trinajstić information content (AvgIpc) is 3.14. The van der Waals surface area contributed by atoms with Crippen molar-refractivity contribution in [1.29, 1.82) is 0 Å². The minimum absolute atomic E-state index is 0.231. The Morgan fingerprint density at radius 1 is 1.09 bits per heavy atom. The molecule has 0 spiro atoms. The molecule has 8 heteroatoms. The lowest BCUT2D eigenvalue weighted by molar-refractivity contribution is -0.116. The highest BCUT2D eigenvalue weighted by Crippen LogP contribution is 2.34. The van der Waals surface area contributed by atoms with Crippen molar-refractivity contribution in [1.82, 2.24) is 5.32 Å². The zero-order valence-corrected chi connectivity index (χ0v) is 19.4. The van der Waals surface area contributed by atoms with Gasteiger partial charge in [0.15, 0.2) is 17.0 Å². The molecule has 3 aromatic rings. The van der Waals surface area contributed by atoms with Gasteiger partial charge in [0, 0.05) is 10.6 Å². The Morgan fingerprint density at radius 2 is 1.88 bits per heavy atom. The van der Waals surface area contributed by atoms with E-state index in [1.54, 1.807) is 30.3 Å². The number of benzene rings is 3. The van der Waals surface area contributed by atoms with Gasteiger partial charge in [0.05, 0.1) is 17.2 Å². The Hall–Kier alpha value is -3.16. The van der Waals surface area contributed by atoms with Gasteiger partial charge in [-0.3, -0.25) is 4.79 Å². The Balaban J connectivity index is 1.48. The lowest BCUT2D eigenvalue weighted by Crippen LogP contribution is -2.31. The molecule has 1 unspecified atom stereocenters. The van der Waals surface area contributed by atoms with Crippen LogP contribution in [0.15, 0.2) is 71.6 Å². The molecule has 0 saturated carbocycles. The molecule has 3 aromatic carbocycles. The Labute approximate surface area is 200 Å². The number of anilines is 1. The second-order valence-electron chi connectivity index (χ2n) is 7.12. The van der Waals surface area contributed by atoms with Crippen LogP contribution >= 0.6 is 23.4 Å². The molecule has 5 nitrogen and oxygen atoms in total. The highest BCUT2D eigenvalue weighted by molar-refractivity contribution is 8.05. The number of carbonyl (C=O) groups is 1. The highest BCUT2D eigenvalue weighted by atomic mass is 35.5. The Morgan fingerprint density at radius 3 is 2.67 bits per heavy atom. The quantitative estimate of drug-likeness (QED) is 0.381. The standard InChI is InChI=1S/C25H22ClFN2O3S/c1-2-31-22-13-16(11-12-21(22)32-15-17-7-3-4-8-18(17)26)14-23-24(30)29-25(33-23)28-20-10-6-5-9-19(20)27/h3-14,25,28H,2,15H2,1H3,(H,29,30)/b23-14-. The molecule has 1 aliphatic rings. The zero-order valence-electron chi connectivity index (χ0n) is 17.8. The van der Waals surface area contributed by atoms with Gasteiger partial charge >= 0.3 is 0 Å². The number of halogens is 2. The molecule has 0 aromatic heterocycles. The molecular weight excluding hydrogens is 463 g/mol. The Kier molecular flexibility index (Phi) is 7.42. The Bertz CT molecular complexity index is 1190. The fraction of sp³-hybridized carbons (Fsp3) is 0.160. The van der Waals surface area contributed by atoms with Crippen molar-refractivity contribution < 1.29 is 18.7 Å². The molecular formula is C25H22ClFN2O3S. The van der Waals surface area contributed by atoms with Gasteiger partial charge in [0.2, 0.25) is 0 Å². The van der Waals surface area contributed by atoms with Crippen LogP contribution < -0.4 is 20.1 Å². The summed E-state index contributed by atoms with van der Waals surface area (Å²) in [5.74, 6) is 0.550. The summed E-state index contributed by atoms with van der Waals surface area (Å²) < 4.78 is 25.6. The molecule has 1 amide bonds. The molecule has 0 bridgehead atoms. The fourth-order valence-electron chi connectivity index (χ4n) is 3.21. The van der Waals surface area contributed by atoms with E-state index in [9.17, 15) is 9.18 Å². The first kappa shape index (κ1) is 23.0. The first-order valence-corrected chi connectivity index (χ1v) is 11.6. The molecule has 1 aliphatic heterocycles. The third kappa shape index (κ3) is 5.80. The van der Waals surface area contributed by atoms with E-state index in [2.05, 4.69) is 10.6 Å². The van der Waals surface area contributed by atoms with E-state index in [4.69, 9.17) is 21.1 Å². The fourth-order valence-corrected chi connectivity index (χ4v) is 4.38. The van der Waals surface area contributed by atoms with Crippen LogP contribution in [0.4, 0.5) is 10.1 Å². The average molecular weight is 485 g/mol. The van der Waals surface area contributed by atoms with Crippen LogP contribution in [0.5, 0.6) is 11.5 Å². The second kappa shape index (κ2) is 10.6. The summed E-state index contributed by atoms with van der Waals surface area (Å²) in [6.07, 6.45) is 1.77. The largest absolute Gasteiger partial charge is 0.490 e. The van der Waals surface area contributed by atoms with Crippen molar-refractivity contribution in [2.24, 2.45) is 0 Å². The lowest BCUT2D eigenvalue weighted by Gasteiger charge is -2.13.